The van der Waals surface area contributed by atoms with E-state index in [9.17, 15) is 9.59 Å². The maximum atomic E-state index is 12.6. The van der Waals surface area contributed by atoms with Crippen LogP contribution < -0.4 is 9.47 Å². The number of ketones is 1. The Hall–Kier alpha value is -3.36. The third-order valence-electron chi connectivity index (χ3n) is 4.86. The summed E-state index contributed by atoms with van der Waals surface area (Å²) in [5.74, 6) is -0.0340. The molecule has 2 heterocycles. The Morgan fingerprint density at radius 1 is 1.06 bits per heavy atom. The number of carbonyl (C=O) groups excluding carboxylic acids is 2. The number of aryl methyl sites for hydroxylation is 1. The van der Waals surface area contributed by atoms with E-state index in [1.165, 1.54) is 25.6 Å². The van der Waals surface area contributed by atoms with Gasteiger partial charge in [-0.2, -0.15) is 5.10 Å². The summed E-state index contributed by atoms with van der Waals surface area (Å²) in [5, 5.41) is 6.03. The number of rotatable bonds is 7. The number of thiophene rings is 1. The van der Waals surface area contributed by atoms with Gasteiger partial charge in [-0.1, -0.05) is 11.6 Å². The molecule has 0 fully saturated rings. The normalized spacial score (nSPS) is 10.9. The SMILES string of the molecule is COc1ccc(C(=O)COC(=O)c2cc3c(C)nn(-c4ccc(Cl)cc4)c3s2)c(OC)c1. The molecule has 32 heavy (non-hydrogen) atoms. The molecule has 2 aromatic heterocycles. The van der Waals surface area contributed by atoms with Gasteiger partial charge in [0.15, 0.2) is 6.61 Å². The molecule has 4 aromatic rings. The Bertz CT molecular complexity index is 1310. The molecular weight excluding hydrogens is 452 g/mol. The van der Waals surface area contributed by atoms with E-state index in [1.54, 1.807) is 41.1 Å². The van der Waals surface area contributed by atoms with Crippen molar-refractivity contribution in [1.29, 1.82) is 0 Å². The van der Waals surface area contributed by atoms with E-state index in [4.69, 9.17) is 25.8 Å². The van der Waals surface area contributed by atoms with Gasteiger partial charge in [-0.3, -0.25) is 4.79 Å². The van der Waals surface area contributed by atoms with E-state index in [2.05, 4.69) is 5.10 Å². The lowest BCUT2D eigenvalue weighted by atomic mass is 10.1. The van der Waals surface area contributed by atoms with Gasteiger partial charge >= 0.3 is 5.97 Å². The minimum atomic E-state index is -0.575. The molecule has 0 radical (unpaired) electrons. The van der Waals surface area contributed by atoms with Crippen molar-refractivity contribution in [3.05, 3.63) is 69.7 Å². The number of nitrogens with zero attached hydrogens (tertiary/aromatic N) is 2. The van der Waals surface area contributed by atoms with Gasteiger partial charge in [0.25, 0.3) is 0 Å². The average molecular weight is 471 g/mol. The van der Waals surface area contributed by atoms with Crippen LogP contribution in [-0.2, 0) is 4.74 Å². The number of hydrogen-bond acceptors (Lipinski definition) is 7. The van der Waals surface area contributed by atoms with E-state index in [1.807, 2.05) is 19.1 Å². The van der Waals surface area contributed by atoms with E-state index in [0.29, 0.717) is 27.0 Å². The summed E-state index contributed by atoms with van der Waals surface area (Å²) in [6.07, 6.45) is 0. The Kier molecular flexibility index (Phi) is 6.16. The zero-order valence-corrected chi connectivity index (χ0v) is 19.1. The number of hydrogen-bond donors (Lipinski definition) is 0. The fraction of sp³-hybridized carbons (Fsp3) is 0.174. The van der Waals surface area contributed by atoms with Crippen molar-refractivity contribution < 1.29 is 23.8 Å². The predicted molar refractivity (Wildman–Crippen MR) is 123 cm³/mol. The van der Waals surface area contributed by atoms with Crippen molar-refractivity contribution in [1.82, 2.24) is 9.78 Å². The fourth-order valence-electron chi connectivity index (χ4n) is 3.21. The first-order valence-corrected chi connectivity index (χ1v) is 10.8. The second-order valence-corrected chi connectivity index (χ2v) is 8.34. The minimum absolute atomic E-state index is 0.312. The minimum Gasteiger partial charge on any atom is -0.497 e. The van der Waals surface area contributed by atoms with Crippen LogP contribution in [0.5, 0.6) is 11.5 Å². The summed E-state index contributed by atoms with van der Waals surface area (Å²) in [6, 6.07) is 13.8. The molecule has 0 amide bonds. The number of Topliss-reactive ketones (excluding diaryl/α,β-unsaturated/α-hetero) is 1. The highest BCUT2D eigenvalue weighted by Gasteiger charge is 2.20. The Morgan fingerprint density at radius 3 is 2.50 bits per heavy atom. The largest absolute Gasteiger partial charge is 0.497 e. The van der Waals surface area contributed by atoms with Gasteiger partial charge in [-0.15, -0.1) is 11.3 Å². The molecule has 7 nitrogen and oxygen atoms in total. The van der Waals surface area contributed by atoms with Crippen LogP contribution in [0.3, 0.4) is 0 Å². The molecule has 164 valence electrons. The first-order valence-electron chi connectivity index (χ1n) is 9.58. The molecule has 0 spiro atoms. The molecule has 0 N–H and O–H groups in total. The maximum Gasteiger partial charge on any atom is 0.348 e. The second kappa shape index (κ2) is 9.02. The molecule has 0 atom stereocenters. The number of esters is 1. The van der Waals surface area contributed by atoms with Gasteiger partial charge in [0, 0.05) is 16.5 Å². The summed E-state index contributed by atoms with van der Waals surface area (Å²) in [7, 11) is 2.98. The number of fused-ring (bicyclic) bond motifs is 1. The number of benzene rings is 2. The quantitative estimate of drug-likeness (QED) is 0.276. The molecule has 0 bridgehead atoms. The van der Waals surface area contributed by atoms with Gasteiger partial charge in [0.2, 0.25) is 5.78 Å². The van der Waals surface area contributed by atoms with Crippen LogP contribution in [-0.4, -0.2) is 42.4 Å². The Balaban J connectivity index is 1.53. The van der Waals surface area contributed by atoms with Crippen LogP contribution in [0, 0.1) is 6.92 Å². The summed E-state index contributed by atoms with van der Waals surface area (Å²) in [4.78, 5) is 26.4. The molecule has 4 rings (SSSR count). The monoisotopic (exact) mass is 470 g/mol. The highest BCUT2D eigenvalue weighted by atomic mass is 35.5. The first-order chi connectivity index (χ1) is 15.4. The van der Waals surface area contributed by atoms with Gasteiger partial charge in [0.05, 0.1) is 31.2 Å². The standard InChI is InChI=1S/C23H19ClN2O5S/c1-13-18-11-21(32-22(18)26(25-13)15-6-4-14(24)5-7-15)23(28)31-12-19(27)17-9-8-16(29-2)10-20(17)30-3/h4-11H,12H2,1-3H3. The lowest BCUT2D eigenvalue weighted by Gasteiger charge is -2.09. The topological polar surface area (TPSA) is 79.7 Å². The lowest BCUT2D eigenvalue weighted by Crippen LogP contribution is -2.14. The molecule has 0 saturated carbocycles. The van der Waals surface area contributed by atoms with E-state index in [0.717, 1.165) is 21.6 Å². The van der Waals surface area contributed by atoms with Crippen molar-refractivity contribution in [2.45, 2.75) is 6.92 Å². The van der Waals surface area contributed by atoms with Crippen LogP contribution in [0.25, 0.3) is 15.9 Å². The number of methoxy groups -OCH3 is 2. The summed E-state index contributed by atoms with van der Waals surface area (Å²) < 4.78 is 17.4. The molecular formula is C23H19ClN2O5S. The average Bonchev–Trinajstić information content (AvgIpc) is 3.38. The van der Waals surface area contributed by atoms with Crippen molar-refractivity contribution >= 4 is 44.9 Å². The zero-order chi connectivity index (χ0) is 22.8. The third-order valence-corrected chi connectivity index (χ3v) is 6.20. The molecule has 2 aromatic carbocycles. The smallest absolute Gasteiger partial charge is 0.348 e. The third kappa shape index (κ3) is 4.19. The highest BCUT2D eigenvalue weighted by molar-refractivity contribution is 7.20. The Labute approximate surface area is 193 Å². The summed E-state index contributed by atoms with van der Waals surface area (Å²) >= 11 is 7.23. The molecule has 0 aliphatic heterocycles. The maximum absolute atomic E-state index is 12.6. The van der Waals surface area contributed by atoms with Crippen molar-refractivity contribution in [3.63, 3.8) is 0 Å². The number of carbonyl (C=O) groups is 2. The predicted octanol–water partition coefficient (Wildman–Crippen LogP) is 5.11. The van der Waals surface area contributed by atoms with Crippen molar-refractivity contribution in [3.8, 4) is 17.2 Å². The van der Waals surface area contributed by atoms with E-state index < -0.39 is 12.6 Å². The molecule has 0 aliphatic rings. The first kappa shape index (κ1) is 21.9. The van der Waals surface area contributed by atoms with E-state index in [-0.39, 0.29) is 5.78 Å². The number of halogens is 1. The van der Waals surface area contributed by atoms with Crippen LogP contribution in [0.15, 0.2) is 48.5 Å². The molecule has 0 aliphatic carbocycles. The van der Waals surface area contributed by atoms with Gasteiger partial charge in [0.1, 0.15) is 21.2 Å². The molecule has 0 unspecified atom stereocenters. The highest BCUT2D eigenvalue weighted by Crippen LogP contribution is 2.31. The number of ether oxygens (including phenoxy) is 3. The van der Waals surface area contributed by atoms with Crippen LogP contribution >= 0.6 is 22.9 Å². The summed E-state index contributed by atoms with van der Waals surface area (Å²) in [6.45, 7) is 1.47. The van der Waals surface area contributed by atoms with Crippen molar-refractivity contribution in [2.24, 2.45) is 0 Å². The van der Waals surface area contributed by atoms with E-state index >= 15 is 0 Å². The van der Waals surface area contributed by atoms with Crippen LogP contribution in [0.4, 0.5) is 0 Å². The Morgan fingerprint density at radius 2 is 1.81 bits per heavy atom. The number of aromatic nitrogens is 2. The second-order valence-electron chi connectivity index (χ2n) is 6.87. The zero-order valence-electron chi connectivity index (χ0n) is 17.5. The summed E-state index contributed by atoms with van der Waals surface area (Å²) in [5.41, 5.74) is 1.92. The molecule has 0 saturated heterocycles. The van der Waals surface area contributed by atoms with Gasteiger partial charge in [-0.05, 0) is 49.4 Å². The van der Waals surface area contributed by atoms with Crippen LogP contribution in [0.2, 0.25) is 5.02 Å². The fourth-order valence-corrected chi connectivity index (χ4v) is 4.42. The molecule has 9 heteroatoms. The van der Waals surface area contributed by atoms with Crippen LogP contribution in [0.1, 0.15) is 25.7 Å². The van der Waals surface area contributed by atoms with Gasteiger partial charge in [-0.25, -0.2) is 9.48 Å². The lowest BCUT2D eigenvalue weighted by molar-refractivity contribution is 0.0479. The van der Waals surface area contributed by atoms with Crippen molar-refractivity contribution in [2.75, 3.05) is 20.8 Å². The van der Waals surface area contributed by atoms with Gasteiger partial charge < -0.3 is 14.2 Å².